The van der Waals surface area contributed by atoms with Gasteiger partial charge in [-0.3, -0.25) is 0 Å². The van der Waals surface area contributed by atoms with Gasteiger partial charge in [-0.25, -0.2) is 4.99 Å². The van der Waals surface area contributed by atoms with E-state index in [-0.39, 0.29) is 23.6 Å². The first-order valence-electron chi connectivity index (χ1n) is 8.19. The van der Waals surface area contributed by atoms with Crippen molar-refractivity contribution >= 4 is 34.0 Å². The van der Waals surface area contributed by atoms with E-state index in [0.29, 0.717) is 6.54 Å². The van der Waals surface area contributed by atoms with Crippen LogP contribution in [0.4, 0.5) is 5.69 Å². The van der Waals surface area contributed by atoms with Crippen LogP contribution in [0.3, 0.4) is 0 Å². The monoisotopic (exact) mass is 434 g/mol. The minimum absolute atomic E-state index is 0. The first kappa shape index (κ1) is 20.4. The van der Waals surface area contributed by atoms with Gasteiger partial charge in [-0.15, -0.1) is 28.3 Å². The van der Waals surface area contributed by atoms with Gasteiger partial charge in [0.2, 0.25) is 0 Å². The second kappa shape index (κ2) is 9.16. The van der Waals surface area contributed by atoms with Gasteiger partial charge in [0.1, 0.15) is 5.75 Å². The van der Waals surface area contributed by atoms with Crippen molar-refractivity contribution in [1.29, 1.82) is 0 Å². The van der Waals surface area contributed by atoms with Gasteiger partial charge in [0, 0.05) is 11.4 Å². The summed E-state index contributed by atoms with van der Waals surface area (Å²) in [6.45, 7) is 4.77. The molecule has 0 bridgehead atoms. The minimum atomic E-state index is 0. The lowest BCUT2D eigenvalue weighted by Gasteiger charge is -2.09. The van der Waals surface area contributed by atoms with Gasteiger partial charge in [-0.05, 0) is 43.7 Å². The number of halogens is 1. The van der Waals surface area contributed by atoms with E-state index < -0.39 is 0 Å². The molecule has 1 N–H and O–H groups in total. The number of methoxy groups -OCH3 is 1. The van der Waals surface area contributed by atoms with Crippen molar-refractivity contribution in [2.24, 2.45) is 4.99 Å². The molecule has 0 radical (unpaired) electrons. The van der Waals surface area contributed by atoms with Crippen LogP contribution in [0.1, 0.15) is 10.4 Å². The number of rotatable bonds is 5. The summed E-state index contributed by atoms with van der Waals surface area (Å²) in [5.74, 6) is 0.810. The average molecular weight is 435 g/mol. The van der Waals surface area contributed by atoms with Crippen molar-refractivity contribution in [3.05, 3.63) is 63.8 Å². The van der Waals surface area contributed by atoms with Crippen LogP contribution in [-0.2, 0) is 6.54 Å². The standard InChI is InChI=1S/C20H22N2O2S.BrH/c1-14-4-6-16(7-5-14)19-15(2)25-20(22(19)12-13-23)21-17-8-10-18(24-3)11-9-17;/h4-11,23H,12-13H2,1-3H3;1H. The minimum Gasteiger partial charge on any atom is -0.497 e. The zero-order valence-corrected chi connectivity index (χ0v) is 17.6. The highest BCUT2D eigenvalue weighted by atomic mass is 79.9. The summed E-state index contributed by atoms with van der Waals surface area (Å²) in [4.78, 5) is 6.84. The molecular weight excluding hydrogens is 412 g/mol. The maximum Gasteiger partial charge on any atom is 0.190 e. The van der Waals surface area contributed by atoms with Gasteiger partial charge < -0.3 is 14.4 Å². The van der Waals surface area contributed by atoms with E-state index in [2.05, 4.69) is 42.7 Å². The zero-order chi connectivity index (χ0) is 17.8. The topological polar surface area (TPSA) is 46.8 Å². The third-order valence-electron chi connectivity index (χ3n) is 4.02. The molecule has 0 spiro atoms. The highest BCUT2D eigenvalue weighted by Gasteiger charge is 2.12. The smallest absolute Gasteiger partial charge is 0.190 e. The van der Waals surface area contributed by atoms with Crippen molar-refractivity contribution < 1.29 is 9.84 Å². The van der Waals surface area contributed by atoms with Crippen LogP contribution in [0.2, 0.25) is 0 Å². The van der Waals surface area contributed by atoms with Gasteiger partial charge in [-0.1, -0.05) is 29.8 Å². The quantitative estimate of drug-likeness (QED) is 0.635. The summed E-state index contributed by atoms with van der Waals surface area (Å²) in [6, 6.07) is 16.1. The molecule has 0 atom stereocenters. The van der Waals surface area contributed by atoms with Crippen LogP contribution in [0.25, 0.3) is 11.3 Å². The Bertz CT molecular complexity index is 912. The Morgan fingerprint density at radius 1 is 1.04 bits per heavy atom. The molecule has 1 heterocycles. The molecule has 0 saturated heterocycles. The van der Waals surface area contributed by atoms with Crippen LogP contribution in [0.15, 0.2) is 53.5 Å². The summed E-state index contributed by atoms with van der Waals surface area (Å²) >= 11 is 1.64. The number of aliphatic hydroxyl groups excluding tert-OH is 1. The van der Waals surface area contributed by atoms with E-state index in [1.165, 1.54) is 10.4 Å². The van der Waals surface area contributed by atoms with Crippen LogP contribution < -0.4 is 9.54 Å². The van der Waals surface area contributed by atoms with E-state index in [9.17, 15) is 5.11 Å². The molecule has 3 rings (SSSR count). The lowest BCUT2D eigenvalue weighted by molar-refractivity contribution is 0.275. The molecule has 0 aliphatic heterocycles. The van der Waals surface area contributed by atoms with Gasteiger partial charge >= 0.3 is 0 Å². The molecule has 0 fully saturated rings. The number of aryl methyl sites for hydroxylation is 2. The fraction of sp³-hybridized carbons (Fsp3) is 0.250. The molecule has 0 aliphatic carbocycles. The Balaban J connectivity index is 0.00000243. The third kappa shape index (κ3) is 4.44. The Morgan fingerprint density at radius 2 is 1.69 bits per heavy atom. The van der Waals surface area contributed by atoms with Gasteiger partial charge in [0.25, 0.3) is 0 Å². The second-order valence-electron chi connectivity index (χ2n) is 5.84. The lowest BCUT2D eigenvalue weighted by atomic mass is 10.1. The number of nitrogens with zero attached hydrogens (tertiary/aromatic N) is 2. The Labute approximate surface area is 168 Å². The van der Waals surface area contributed by atoms with Crippen LogP contribution in [0.5, 0.6) is 5.75 Å². The van der Waals surface area contributed by atoms with Crippen molar-refractivity contribution in [2.45, 2.75) is 20.4 Å². The Morgan fingerprint density at radius 3 is 2.27 bits per heavy atom. The van der Waals surface area contributed by atoms with Crippen molar-refractivity contribution in [1.82, 2.24) is 4.57 Å². The largest absolute Gasteiger partial charge is 0.497 e. The maximum atomic E-state index is 9.53. The zero-order valence-electron chi connectivity index (χ0n) is 15.1. The van der Waals surface area contributed by atoms with E-state index in [1.807, 2.05) is 24.3 Å². The molecule has 0 amide bonds. The summed E-state index contributed by atoms with van der Waals surface area (Å²) in [5, 5.41) is 9.53. The summed E-state index contributed by atoms with van der Waals surface area (Å²) in [7, 11) is 1.65. The van der Waals surface area contributed by atoms with E-state index in [0.717, 1.165) is 27.5 Å². The number of thiazole rings is 1. The van der Waals surface area contributed by atoms with E-state index >= 15 is 0 Å². The molecule has 26 heavy (non-hydrogen) atoms. The average Bonchev–Trinajstić information content (AvgIpc) is 2.92. The highest BCUT2D eigenvalue weighted by molar-refractivity contribution is 8.93. The Hall–Kier alpha value is -1.89. The van der Waals surface area contributed by atoms with Gasteiger partial charge in [-0.2, -0.15) is 0 Å². The van der Waals surface area contributed by atoms with Crippen molar-refractivity contribution in [3.63, 3.8) is 0 Å². The van der Waals surface area contributed by atoms with Crippen LogP contribution in [-0.4, -0.2) is 23.4 Å². The van der Waals surface area contributed by atoms with Crippen LogP contribution >= 0.6 is 28.3 Å². The Kier molecular flexibility index (Phi) is 7.20. The summed E-state index contributed by atoms with van der Waals surface area (Å²) in [5.41, 5.74) is 4.35. The molecule has 6 heteroatoms. The van der Waals surface area contributed by atoms with Crippen molar-refractivity contribution in [3.8, 4) is 17.0 Å². The van der Waals surface area contributed by atoms with E-state index in [1.54, 1.807) is 18.4 Å². The summed E-state index contributed by atoms with van der Waals surface area (Å²) in [6.07, 6.45) is 0. The molecular formula is C20H23BrN2O2S. The number of hydrogen-bond donors (Lipinski definition) is 1. The normalized spacial score (nSPS) is 11.3. The fourth-order valence-corrected chi connectivity index (χ4v) is 3.80. The lowest BCUT2D eigenvalue weighted by Crippen LogP contribution is -2.18. The van der Waals surface area contributed by atoms with Gasteiger partial charge in [0.15, 0.2) is 4.80 Å². The first-order valence-corrected chi connectivity index (χ1v) is 9.01. The van der Waals surface area contributed by atoms with Crippen LogP contribution in [0, 0.1) is 13.8 Å². The van der Waals surface area contributed by atoms with Crippen molar-refractivity contribution in [2.75, 3.05) is 13.7 Å². The fourth-order valence-electron chi connectivity index (χ4n) is 2.75. The number of aliphatic hydroxyl groups is 1. The van der Waals surface area contributed by atoms with E-state index in [4.69, 9.17) is 9.73 Å². The number of ether oxygens (including phenoxy) is 1. The highest BCUT2D eigenvalue weighted by Crippen LogP contribution is 2.26. The molecule has 0 aliphatic rings. The third-order valence-corrected chi connectivity index (χ3v) is 5.02. The predicted molar refractivity (Wildman–Crippen MR) is 113 cm³/mol. The molecule has 0 saturated carbocycles. The predicted octanol–water partition coefficient (Wildman–Crippen LogP) is 4.64. The SMILES string of the molecule is Br.COc1ccc(N=c2sc(C)c(-c3ccc(C)cc3)n2CCO)cc1. The molecule has 3 aromatic rings. The molecule has 2 aromatic carbocycles. The number of aromatic nitrogens is 1. The maximum absolute atomic E-state index is 9.53. The molecule has 4 nitrogen and oxygen atoms in total. The molecule has 138 valence electrons. The van der Waals surface area contributed by atoms with Gasteiger partial charge in [0.05, 0.1) is 25.1 Å². The summed E-state index contributed by atoms with van der Waals surface area (Å²) < 4.78 is 7.29. The second-order valence-corrected chi connectivity index (χ2v) is 7.02. The molecule has 0 unspecified atom stereocenters. The number of benzene rings is 2. The molecule has 1 aromatic heterocycles. The number of hydrogen-bond acceptors (Lipinski definition) is 4. The first-order chi connectivity index (χ1) is 12.1.